The van der Waals surface area contributed by atoms with Crippen molar-refractivity contribution in [2.45, 2.75) is 100 Å². The zero-order valence-electron chi connectivity index (χ0n) is 28.1. The number of benzene rings is 2. The number of ether oxygens (including phenoxy) is 5. The average molecular weight is 691 g/mol. The minimum absolute atomic E-state index is 0.131. The van der Waals surface area contributed by atoms with Gasteiger partial charge in [0.05, 0.1) is 25.4 Å². The lowest BCUT2D eigenvalue weighted by atomic mass is 9.98. The van der Waals surface area contributed by atoms with Crippen LogP contribution in [0.25, 0.3) is 0 Å². The molecule has 0 radical (unpaired) electrons. The molecule has 3 aliphatic rings. The van der Waals surface area contributed by atoms with Crippen molar-refractivity contribution in [2.24, 2.45) is 0 Å². The molecule has 3 aliphatic heterocycles. The summed E-state index contributed by atoms with van der Waals surface area (Å²) < 4.78 is 28.6. The van der Waals surface area contributed by atoms with E-state index in [4.69, 9.17) is 23.7 Å². The van der Waals surface area contributed by atoms with Crippen molar-refractivity contribution in [1.82, 2.24) is 9.80 Å². The monoisotopic (exact) mass is 690 g/mol. The number of aliphatic hydroxyl groups excluding tert-OH is 6. The number of rotatable bonds is 11. The molecule has 3 saturated heterocycles. The molecule has 6 N–H and O–H groups in total. The van der Waals surface area contributed by atoms with E-state index in [-0.39, 0.29) is 32.8 Å². The van der Waals surface area contributed by atoms with Crippen molar-refractivity contribution < 1.29 is 59.1 Å². The summed E-state index contributed by atoms with van der Waals surface area (Å²) in [5.41, 5.74) is 0.653. The van der Waals surface area contributed by atoms with E-state index in [2.05, 4.69) is 0 Å². The van der Waals surface area contributed by atoms with E-state index in [0.717, 1.165) is 0 Å². The Morgan fingerprint density at radius 1 is 0.816 bits per heavy atom. The van der Waals surface area contributed by atoms with E-state index in [0.29, 0.717) is 24.1 Å². The Morgan fingerprint density at radius 2 is 1.27 bits per heavy atom. The maximum atomic E-state index is 12.9. The molecule has 11 atom stereocenters. The zero-order chi connectivity index (χ0) is 35.3. The summed E-state index contributed by atoms with van der Waals surface area (Å²) in [5.74, 6) is 0. The summed E-state index contributed by atoms with van der Waals surface area (Å²) in [7, 11) is 0. The Labute approximate surface area is 286 Å². The van der Waals surface area contributed by atoms with E-state index in [1.807, 2.05) is 12.1 Å². The van der Waals surface area contributed by atoms with Crippen LogP contribution in [0.1, 0.15) is 50.9 Å². The van der Waals surface area contributed by atoms with Crippen LogP contribution < -0.4 is 0 Å². The summed E-state index contributed by atoms with van der Waals surface area (Å²) in [6.07, 6.45) is -12.8. The Bertz CT molecular complexity index is 1240. The second kappa shape index (κ2) is 16.5. The number of likely N-dealkylation sites (tertiary alicyclic amines) is 1. The van der Waals surface area contributed by atoms with Crippen LogP contribution >= 0.6 is 0 Å². The normalized spacial score (nSPS) is 30.5. The van der Waals surface area contributed by atoms with Crippen molar-refractivity contribution in [3.8, 4) is 0 Å². The molecule has 5 rings (SSSR count). The smallest absolute Gasteiger partial charge is 0.410 e. The van der Waals surface area contributed by atoms with Crippen LogP contribution in [0, 0.1) is 0 Å². The maximum Gasteiger partial charge on any atom is 0.410 e. The third kappa shape index (κ3) is 9.74. The first-order valence-corrected chi connectivity index (χ1v) is 16.7. The summed E-state index contributed by atoms with van der Waals surface area (Å²) >= 11 is 0. The highest BCUT2D eigenvalue weighted by atomic mass is 16.7. The minimum Gasteiger partial charge on any atom is -0.444 e. The number of hydrogen-bond acceptors (Lipinski definition) is 13. The Kier molecular flexibility index (Phi) is 12.7. The second-order valence-electron chi connectivity index (χ2n) is 13.9. The average Bonchev–Trinajstić information content (AvgIpc) is 3.59. The molecule has 2 aromatic rings. The van der Waals surface area contributed by atoms with Gasteiger partial charge in [-0.25, -0.2) is 4.79 Å². The zero-order valence-corrected chi connectivity index (χ0v) is 28.1. The largest absolute Gasteiger partial charge is 0.444 e. The standard InChI is InChI=1S/C35H50N2O12/c1-35(2,3)49-34(44)36-15-14-23(16-36)37(17-24(38)28(42)30-26(40)19-45-32(47-30)21-10-6-4-7-11-21)18-25(39)29(43)31-27(41)20-46-33(48-31)22-12-8-5-9-13-22/h4-13,23-33,38-43H,14-20H2,1-3H3/t23-,24-,25-,26+,27+,28+,29+,30+,31+,32?,33?/m0/s1. The van der Waals surface area contributed by atoms with Gasteiger partial charge in [0.25, 0.3) is 0 Å². The number of hydrogen-bond donors (Lipinski definition) is 6. The molecule has 0 aromatic heterocycles. The van der Waals surface area contributed by atoms with Gasteiger partial charge in [-0.15, -0.1) is 0 Å². The number of aliphatic hydroxyl groups is 6. The molecule has 1 amide bonds. The number of carbonyl (C=O) groups is 1. The molecule has 3 heterocycles. The van der Waals surface area contributed by atoms with Gasteiger partial charge in [0, 0.05) is 43.3 Å². The SMILES string of the molecule is CC(C)(C)OC(=O)N1CC[C@H](N(C[C@H](O)[C@@H](O)[C@@H]2OC(c3ccccc3)OC[C@H]2O)C[C@H](O)[C@@H](O)[C@@H]2OC(c3ccccc3)OC[C@H]2O)C1. The molecule has 2 unspecified atom stereocenters. The van der Waals surface area contributed by atoms with Crippen molar-refractivity contribution in [2.75, 3.05) is 39.4 Å². The lowest BCUT2D eigenvalue weighted by Crippen LogP contribution is -2.57. The Morgan fingerprint density at radius 3 is 1.69 bits per heavy atom. The molecular formula is C35H50N2O12. The van der Waals surface area contributed by atoms with Crippen molar-refractivity contribution in [1.29, 1.82) is 0 Å². The first-order valence-electron chi connectivity index (χ1n) is 16.7. The van der Waals surface area contributed by atoms with Gasteiger partial charge in [-0.2, -0.15) is 0 Å². The van der Waals surface area contributed by atoms with Crippen LogP contribution in [-0.2, 0) is 23.7 Å². The summed E-state index contributed by atoms with van der Waals surface area (Å²) in [4.78, 5) is 16.1. The van der Waals surface area contributed by atoms with Gasteiger partial charge >= 0.3 is 6.09 Å². The maximum absolute atomic E-state index is 12.9. The molecule has 0 aliphatic carbocycles. The van der Waals surface area contributed by atoms with Crippen LogP contribution in [-0.4, -0.2) is 146 Å². The van der Waals surface area contributed by atoms with Crippen molar-refractivity contribution >= 4 is 6.09 Å². The first kappa shape index (κ1) is 37.5. The molecular weight excluding hydrogens is 640 g/mol. The van der Waals surface area contributed by atoms with Gasteiger partial charge in [0.15, 0.2) is 12.6 Å². The van der Waals surface area contributed by atoms with E-state index >= 15 is 0 Å². The lowest BCUT2D eigenvalue weighted by molar-refractivity contribution is -0.285. The van der Waals surface area contributed by atoms with Crippen LogP contribution in [0.15, 0.2) is 60.7 Å². The van der Waals surface area contributed by atoms with Crippen LogP contribution in [0.2, 0.25) is 0 Å². The fraction of sp³-hybridized carbons (Fsp3) is 0.629. The van der Waals surface area contributed by atoms with Crippen molar-refractivity contribution in [3.63, 3.8) is 0 Å². The van der Waals surface area contributed by atoms with Crippen LogP contribution in [0.4, 0.5) is 4.79 Å². The van der Waals surface area contributed by atoms with E-state index in [1.54, 1.807) is 74.2 Å². The summed E-state index contributed by atoms with van der Waals surface area (Å²) in [6.45, 7) is 5.14. The quantitative estimate of drug-likeness (QED) is 0.193. The number of amides is 1. The highest BCUT2D eigenvalue weighted by Crippen LogP contribution is 2.31. The van der Waals surface area contributed by atoms with Gasteiger partial charge in [0.2, 0.25) is 0 Å². The first-order chi connectivity index (χ1) is 23.3. The Hall–Kier alpha value is -2.73. The predicted octanol–water partition coefficient (Wildman–Crippen LogP) is 0.692. The fourth-order valence-corrected chi connectivity index (χ4v) is 6.33. The molecule has 49 heavy (non-hydrogen) atoms. The van der Waals surface area contributed by atoms with E-state index in [1.165, 1.54) is 4.90 Å². The molecule has 272 valence electrons. The van der Waals surface area contributed by atoms with E-state index in [9.17, 15) is 35.4 Å². The highest BCUT2D eigenvalue weighted by molar-refractivity contribution is 5.68. The van der Waals surface area contributed by atoms with Gasteiger partial charge in [-0.05, 0) is 27.2 Å². The van der Waals surface area contributed by atoms with Gasteiger partial charge in [0.1, 0.15) is 42.2 Å². The van der Waals surface area contributed by atoms with Crippen LogP contribution in [0.5, 0.6) is 0 Å². The fourth-order valence-electron chi connectivity index (χ4n) is 6.33. The summed E-state index contributed by atoms with van der Waals surface area (Å²) in [5, 5.41) is 66.6. The molecule has 14 nitrogen and oxygen atoms in total. The van der Waals surface area contributed by atoms with Gasteiger partial charge in [-0.3, -0.25) is 4.90 Å². The van der Waals surface area contributed by atoms with Gasteiger partial charge in [-0.1, -0.05) is 60.7 Å². The van der Waals surface area contributed by atoms with Crippen LogP contribution in [0.3, 0.4) is 0 Å². The van der Waals surface area contributed by atoms with E-state index < -0.39 is 79.1 Å². The molecule has 0 spiro atoms. The highest BCUT2D eigenvalue weighted by Gasteiger charge is 2.44. The minimum atomic E-state index is -1.56. The molecule has 2 aromatic carbocycles. The van der Waals surface area contributed by atoms with Crippen molar-refractivity contribution in [3.05, 3.63) is 71.8 Å². The lowest BCUT2D eigenvalue weighted by Gasteiger charge is -2.41. The third-order valence-electron chi connectivity index (χ3n) is 8.94. The molecule has 0 bridgehead atoms. The molecule has 14 heteroatoms. The number of carbonyl (C=O) groups excluding carboxylic acids is 1. The second-order valence-corrected chi connectivity index (χ2v) is 13.9. The molecule has 3 fully saturated rings. The third-order valence-corrected chi connectivity index (χ3v) is 8.94. The predicted molar refractivity (Wildman–Crippen MR) is 174 cm³/mol. The number of nitrogens with zero attached hydrogens (tertiary/aromatic N) is 2. The molecule has 0 saturated carbocycles. The topological polar surface area (TPSA) is 191 Å². The summed E-state index contributed by atoms with van der Waals surface area (Å²) in [6, 6.07) is 17.6. The van der Waals surface area contributed by atoms with Gasteiger partial charge < -0.3 is 59.2 Å². The Balaban J connectivity index is 1.29.